The summed E-state index contributed by atoms with van der Waals surface area (Å²) in [6.07, 6.45) is 0. The van der Waals surface area contributed by atoms with Crippen molar-refractivity contribution in [1.82, 2.24) is 0 Å². The minimum absolute atomic E-state index is 0.187. The molecule has 0 N–H and O–H groups in total. The van der Waals surface area contributed by atoms with Gasteiger partial charge in [0.15, 0.2) is 0 Å². The molecule has 106 valence electrons. The number of halogens is 2. The predicted octanol–water partition coefficient (Wildman–Crippen LogP) is 4.69. The van der Waals surface area contributed by atoms with Crippen LogP contribution in [0.15, 0.2) is 23.6 Å². The molecule has 3 nitrogen and oxygen atoms in total. The van der Waals surface area contributed by atoms with Gasteiger partial charge in [-0.3, -0.25) is 4.79 Å². The van der Waals surface area contributed by atoms with Crippen molar-refractivity contribution >= 4 is 40.3 Å². The van der Waals surface area contributed by atoms with E-state index in [1.54, 1.807) is 24.6 Å². The number of carbonyl (C=O) groups is 1. The Bertz CT molecular complexity index is 637. The van der Waals surface area contributed by atoms with E-state index in [4.69, 9.17) is 32.7 Å². The summed E-state index contributed by atoms with van der Waals surface area (Å²) in [5.74, 6) is 0.930. The molecule has 0 saturated carbocycles. The van der Waals surface area contributed by atoms with Gasteiger partial charge in [-0.2, -0.15) is 0 Å². The molecule has 0 unspecified atom stereocenters. The lowest BCUT2D eigenvalue weighted by Crippen LogP contribution is -2.01. The number of benzene rings is 1. The zero-order valence-corrected chi connectivity index (χ0v) is 13.2. The van der Waals surface area contributed by atoms with Gasteiger partial charge in [0, 0.05) is 23.1 Å². The van der Waals surface area contributed by atoms with E-state index in [1.165, 1.54) is 17.4 Å². The molecular formula is C14H12Cl2O3S. The van der Waals surface area contributed by atoms with E-state index >= 15 is 0 Å². The summed E-state index contributed by atoms with van der Waals surface area (Å²) in [5.41, 5.74) is 0.352. The second kappa shape index (κ2) is 6.48. The molecule has 20 heavy (non-hydrogen) atoms. The smallest absolute Gasteiger partial charge is 0.204 e. The Morgan fingerprint density at radius 2 is 2.00 bits per heavy atom. The fourth-order valence-corrected chi connectivity index (χ4v) is 2.91. The van der Waals surface area contributed by atoms with Gasteiger partial charge < -0.3 is 9.47 Å². The highest BCUT2D eigenvalue weighted by atomic mass is 35.5. The summed E-state index contributed by atoms with van der Waals surface area (Å²) < 4.78 is 10.4. The van der Waals surface area contributed by atoms with Crippen molar-refractivity contribution in [3.63, 3.8) is 0 Å². The van der Waals surface area contributed by atoms with Crippen LogP contribution in [0.4, 0.5) is 0 Å². The van der Waals surface area contributed by atoms with Crippen LogP contribution in [0.2, 0.25) is 10.0 Å². The maximum atomic E-state index is 12.4. The topological polar surface area (TPSA) is 35.5 Å². The van der Waals surface area contributed by atoms with E-state index in [0.717, 1.165) is 0 Å². The van der Waals surface area contributed by atoms with Crippen molar-refractivity contribution in [2.24, 2.45) is 0 Å². The van der Waals surface area contributed by atoms with Crippen LogP contribution >= 0.6 is 34.5 Å². The van der Waals surface area contributed by atoms with Gasteiger partial charge in [-0.15, -0.1) is 11.3 Å². The Labute approximate surface area is 131 Å². The molecule has 0 aliphatic heterocycles. The minimum atomic E-state index is -0.187. The lowest BCUT2D eigenvalue weighted by Gasteiger charge is -2.09. The molecule has 0 saturated heterocycles. The Balaban J connectivity index is 2.37. The SMILES string of the molecule is CCOc1cc(Cl)c(C(=O)c2cc(OC)cs2)cc1Cl. The maximum absolute atomic E-state index is 12.4. The standard InChI is InChI=1S/C14H12Cl2O3S/c1-3-19-12-6-10(15)9(5-11(12)16)14(17)13-4-8(18-2)7-20-13/h4-7H,3H2,1-2H3. The fourth-order valence-electron chi connectivity index (χ4n) is 1.65. The summed E-state index contributed by atoms with van der Waals surface area (Å²) in [5, 5.41) is 2.44. The van der Waals surface area contributed by atoms with Crippen LogP contribution in [-0.2, 0) is 0 Å². The second-order valence-electron chi connectivity index (χ2n) is 3.88. The Hall–Kier alpha value is -1.23. The largest absolute Gasteiger partial charge is 0.496 e. The summed E-state index contributed by atoms with van der Waals surface area (Å²) in [7, 11) is 1.55. The van der Waals surface area contributed by atoms with Gasteiger partial charge >= 0.3 is 0 Å². The first-order valence-electron chi connectivity index (χ1n) is 5.85. The summed E-state index contributed by atoms with van der Waals surface area (Å²) in [4.78, 5) is 12.9. The number of methoxy groups -OCH3 is 1. The predicted molar refractivity (Wildman–Crippen MR) is 81.9 cm³/mol. The first-order valence-corrected chi connectivity index (χ1v) is 7.49. The summed E-state index contributed by atoms with van der Waals surface area (Å²) in [6, 6.07) is 4.77. The van der Waals surface area contributed by atoms with E-state index in [9.17, 15) is 4.79 Å². The molecule has 1 aromatic heterocycles. The second-order valence-corrected chi connectivity index (χ2v) is 5.60. The molecule has 2 aromatic rings. The van der Waals surface area contributed by atoms with Crippen molar-refractivity contribution in [2.75, 3.05) is 13.7 Å². The van der Waals surface area contributed by atoms with Gasteiger partial charge in [0.1, 0.15) is 11.5 Å². The third kappa shape index (κ3) is 3.08. The van der Waals surface area contributed by atoms with E-state index in [-0.39, 0.29) is 5.78 Å². The third-order valence-electron chi connectivity index (χ3n) is 2.60. The number of ketones is 1. The van der Waals surface area contributed by atoms with Crippen LogP contribution in [0, 0.1) is 0 Å². The number of hydrogen-bond donors (Lipinski definition) is 0. The number of hydrogen-bond acceptors (Lipinski definition) is 4. The van der Waals surface area contributed by atoms with Crippen LogP contribution in [-0.4, -0.2) is 19.5 Å². The lowest BCUT2D eigenvalue weighted by atomic mass is 10.1. The molecule has 0 atom stereocenters. The van der Waals surface area contributed by atoms with Gasteiger partial charge in [0.05, 0.1) is 28.6 Å². The molecule has 2 rings (SSSR count). The van der Waals surface area contributed by atoms with E-state index in [0.29, 0.717) is 38.6 Å². The van der Waals surface area contributed by atoms with Crippen LogP contribution in [0.5, 0.6) is 11.5 Å². The molecule has 0 spiro atoms. The Morgan fingerprint density at radius 1 is 1.25 bits per heavy atom. The maximum Gasteiger partial charge on any atom is 0.204 e. The first-order chi connectivity index (χ1) is 9.56. The molecule has 0 radical (unpaired) electrons. The van der Waals surface area contributed by atoms with Crippen LogP contribution < -0.4 is 9.47 Å². The number of ether oxygens (including phenoxy) is 2. The summed E-state index contributed by atoms with van der Waals surface area (Å²) >= 11 is 13.5. The zero-order valence-electron chi connectivity index (χ0n) is 10.9. The molecule has 0 bridgehead atoms. The Kier molecular flexibility index (Phi) is 4.91. The van der Waals surface area contributed by atoms with Crippen molar-refractivity contribution < 1.29 is 14.3 Å². The molecule has 1 aromatic carbocycles. The number of carbonyl (C=O) groups excluding carboxylic acids is 1. The summed E-state index contributed by atoms with van der Waals surface area (Å²) in [6.45, 7) is 2.33. The number of rotatable bonds is 5. The monoisotopic (exact) mass is 330 g/mol. The molecule has 6 heteroatoms. The van der Waals surface area contributed by atoms with Crippen LogP contribution in [0.1, 0.15) is 22.2 Å². The molecule has 0 aliphatic carbocycles. The van der Waals surface area contributed by atoms with Crippen LogP contribution in [0.3, 0.4) is 0 Å². The average Bonchev–Trinajstić information content (AvgIpc) is 2.91. The highest BCUT2D eigenvalue weighted by molar-refractivity contribution is 7.12. The van der Waals surface area contributed by atoms with E-state index < -0.39 is 0 Å². The van der Waals surface area contributed by atoms with Gasteiger partial charge in [0.25, 0.3) is 0 Å². The highest BCUT2D eigenvalue weighted by Gasteiger charge is 2.18. The van der Waals surface area contributed by atoms with Crippen LogP contribution in [0.25, 0.3) is 0 Å². The lowest BCUT2D eigenvalue weighted by molar-refractivity contribution is 0.104. The molecule has 0 amide bonds. The minimum Gasteiger partial charge on any atom is -0.496 e. The first kappa shape index (κ1) is 15.2. The van der Waals surface area contributed by atoms with Gasteiger partial charge in [-0.1, -0.05) is 23.2 Å². The van der Waals surface area contributed by atoms with Crippen molar-refractivity contribution in [3.05, 3.63) is 44.1 Å². The molecule has 1 heterocycles. The quantitative estimate of drug-likeness (QED) is 0.746. The molecule has 0 fully saturated rings. The third-order valence-corrected chi connectivity index (χ3v) is 4.12. The highest BCUT2D eigenvalue weighted by Crippen LogP contribution is 2.33. The average molecular weight is 331 g/mol. The fraction of sp³-hybridized carbons (Fsp3) is 0.214. The normalized spacial score (nSPS) is 10.4. The van der Waals surface area contributed by atoms with Crippen molar-refractivity contribution in [2.45, 2.75) is 6.92 Å². The van der Waals surface area contributed by atoms with E-state index in [2.05, 4.69) is 0 Å². The van der Waals surface area contributed by atoms with Crippen molar-refractivity contribution in [3.8, 4) is 11.5 Å². The zero-order chi connectivity index (χ0) is 14.7. The van der Waals surface area contributed by atoms with E-state index in [1.807, 2.05) is 6.92 Å². The van der Waals surface area contributed by atoms with Gasteiger partial charge in [0.2, 0.25) is 5.78 Å². The number of thiophene rings is 1. The molecule has 0 aliphatic rings. The van der Waals surface area contributed by atoms with Crippen molar-refractivity contribution in [1.29, 1.82) is 0 Å². The van der Waals surface area contributed by atoms with Gasteiger partial charge in [-0.05, 0) is 13.0 Å². The molecular weight excluding hydrogens is 319 g/mol. The van der Waals surface area contributed by atoms with Gasteiger partial charge in [-0.25, -0.2) is 0 Å². The Morgan fingerprint density at radius 3 is 2.60 bits per heavy atom.